The normalized spacial score (nSPS) is 12.1. The lowest BCUT2D eigenvalue weighted by Gasteiger charge is -2.19. The van der Waals surface area contributed by atoms with Crippen LogP contribution in [0.2, 0.25) is 0 Å². The molecule has 0 bridgehead atoms. The standard InChI is InChI=1S/C14H17F2NO3/c1-8(2)13(14(19)20-3)17-12(18)6-9-4-10(15)7-11(16)5-9/h4-5,7-8,13H,6H2,1-3H3,(H,17,18)/t13-/m0/s1. The first-order valence-electron chi connectivity index (χ1n) is 6.15. The zero-order valence-corrected chi connectivity index (χ0v) is 11.6. The maximum absolute atomic E-state index is 13.0. The first-order chi connectivity index (χ1) is 9.33. The second kappa shape index (κ2) is 6.98. The number of halogens is 2. The van der Waals surface area contributed by atoms with Gasteiger partial charge in [-0.1, -0.05) is 13.8 Å². The van der Waals surface area contributed by atoms with E-state index in [4.69, 9.17) is 0 Å². The molecule has 1 rings (SSSR count). The van der Waals surface area contributed by atoms with Gasteiger partial charge in [0, 0.05) is 6.07 Å². The van der Waals surface area contributed by atoms with Gasteiger partial charge in [-0.15, -0.1) is 0 Å². The van der Waals surface area contributed by atoms with Crippen LogP contribution in [0.1, 0.15) is 19.4 Å². The van der Waals surface area contributed by atoms with Crippen molar-refractivity contribution in [2.45, 2.75) is 26.3 Å². The largest absolute Gasteiger partial charge is 0.467 e. The van der Waals surface area contributed by atoms with E-state index in [1.54, 1.807) is 13.8 Å². The molecule has 20 heavy (non-hydrogen) atoms. The summed E-state index contributed by atoms with van der Waals surface area (Å²) in [6.45, 7) is 3.51. The SMILES string of the molecule is COC(=O)[C@@H](NC(=O)Cc1cc(F)cc(F)c1)C(C)C. The predicted molar refractivity (Wildman–Crippen MR) is 68.8 cm³/mol. The summed E-state index contributed by atoms with van der Waals surface area (Å²) in [5.41, 5.74) is 0.201. The van der Waals surface area contributed by atoms with Crippen LogP contribution in [-0.4, -0.2) is 25.0 Å². The number of hydrogen-bond donors (Lipinski definition) is 1. The first kappa shape index (κ1) is 16.1. The van der Waals surface area contributed by atoms with E-state index in [-0.39, 0.29) is 17.9 Å². The van der Waals surface area contributed by atoms with Crippen molar-refractivity contribution < 1.29 is 23.1 Å². The molecule has 0 radical (unpaired) electrons. The Labute approximate surface area is 116 Å². The van der Waals surface area contributed by atoms with Gasteiger partial charge in [0.15, 0.2) is 0 Å². The van der Waals surface area contributed by atoms with Crippen molar-refractivity contribution in [2.24, 2.45) is 5.92 Å². The topological polar surface area (TPSA) is 55.4 Å². The molecule has 0 aliphatic heterocycles. The van der Waals surface area contributed by atoms with Crippen molar-refractivity contribution in [2.75, 3.05) is 7.11 Å². The molecule has 0 saturated heterocycles. The van der Waals surface area contributed by atoms with Crippen LogP contribution in [0.25, 0.3) is 0 Å². The van der Waals surface area contributed by atoms with E-state index in [9.17, 15) is 18.4 Å². The Balaban J connectivity index is 2.73. The molecule has 0 fully saturated rings. The summed E-state index contributed by atoms with van der Waals surface area (Å²) < 4.78 is 30.6. The van der Waals surface area contributed by atoms with Gasteiger partial charge in [-0.3, -0.25) is 4.79 Å². The third kappa shape index (κ3) is 4.60. The molecule has 1 amide bonds. The molecule has 0 aliphatic carbocycles. The summed E-state index contributed by atoms with van der Waals surface area (Å²) >= 11 is 0. The molecule has 0 saturated carbocycles. The van der Waals surface area contributed by atoms with Crippen LogP contribution in [0.4, 0.5) is 8.78 Å². The second-order valence-electron chi connectivity index (χ2n) is 4.77. The Hall–Kier alpha value is -1.98. The fourth-order valence-corrected chi connectivity index (χ4v) is 1.75. The Morgan fingerprint density at radius 3 is 2.20 bits per heavy atom. The van der Waals surface area contributed by atoms with E-state index in [1.165, 1.54) is 7.11 Å². The Morgan fingerprint density at radius 2 is 1.75 bits per heavy atom. The zero-order valence-electron chi connectivity index (χ0n) is 11.6. The highest BCUT2D eigenvalue weighted by Crippen LogP contribution is 2.09. The lowest BCUT2D eigenvalue weighted by atomic mass is 10.0. The van der Waals surface area contributed by atoms with Crippen LogP contribution in [0.3, 0.4) is 0 Å². The number of hydrogen-bond acceptors (Lipinski definition) is 3. The number of carbonyl (C=O) groups is 2. The van der Waals surface area contributed by atoms with Crippen molar-refractivity contribution in [1.29, 1.82) is 0 Å². The van der Waals surface area contributed by atoms with Gasteiger partial charge < -0.3 is 10.1 Å². The van der Waals surface area contributed by atoms with Crippen molar-refractivity contribution in [3.05, 3.63) is 35.4 Å². The van der Waals surface area contributed by atoms with Gasteiger partial charge in [0.25, 0.3) is 0 Å². The molecule has 110 valence electrons. The van der Waals surface area contributed by atoms with Crippen LogP contribution >= 0.6 is 0 Å². The third-order valence-corrected chi connectivity index (χ3v) is 2.73. The maximum atomic E-state index is 13.0. The van der Waals surface area contributed by atoms with E-state index in [0.717, 1.165) is 18.2 Å². The van der Waals surface area contributed by atoms with Gasteiger partial charge in [0.05, 0.1) is 13.5 Å². The molecule has 1 N–H and O–H groups in total. The predicted octanol–water partition coefficient (Wildman–Crippen LogP) is 1.82. The molecular formula is C14H17F2NO3. The average Bonchev–Trinajstić information content (AvgIpc) is 2.33. The van der Waals surface area contributed by atoms with Crippen LogP contribution in [0.5, 0.6) is 0 Å². The molecule has 0 heterocycles. The Kier molecular flexibility index (Phi) is 5.61. The quantitative estimate of drug-likeness (QED) is 0.840. The summed E-state index contributed by atoms with van der Waals surface area (Å²) in [7, 11) is 1.23. The molecular weight excluding hydrogens is 268 g/mol. The molecule has 6 heteroatoms. The van der Waals surface area contributed by atoms with Gasteiger partial charge >= 0.3 is 5.97 Å². The van der Waals surface area contributed by atoms with E-state index >= 15 is 0 Å². The zero-order chi connectivity index (χ0) is 15.3. The van der Waals surface area contributed by atoms with Gasteiger partial charge in [-0.05, 0) is 23.6 Å². The van der Waals surface area contributed by atoms with Crippen molar-refractivity contribution in [3.8, 4) is 0 Å². The smallest absolute Gasteiger partial charge is 0.328 e. The molecule has 1 aromatic carbocycles. The fourth-order valence-electron chi connectivity index (χ4n) is 1.75. The molecule has 1 aromatic rings. The van der Waals surface area contributed by atoms with Crippen molar-refractivity contribution >= 4 is 11.9 Å². The summed E-state index contributed by atoms with van der Waals surface area (Å²) in [4.78, 5) is 23.3. The highest BCUT2D eigenvalue weighted by molar-refractivity contribution is 5.85. The molecule has 0 aliphatic rings. The number of rotatable bonds is 5. The number of carbonyl (C=O) groups excluding carboxylic acids is 2. The van der Waals surface area contributed by atoms with Gasteiger partial charge in [0.1, 0.15) is 17.7 Å². The molecule has 0 aromatic heterocycles. The summed E-state index contributed by atoms with van der Waals surface area (Å²) in [5.74, 6) is -2.71. The third-order valence-electron chi connectivity index (χ3n) is 2.73. The maximum Gasteiger partial charge on any atom is 0.328 e. The number of nitrogens with one attached hydrogen (secondary N) is 1. The highest BCUT2D eigenvalue weighted by Gasteiger charge is 2.24. The average molecular weight is 285 g/mol. The molecule has 4 nitrogen and oxygen atoms in total. The van der Waals surface area contributed by atoms with Gasteiger partial charge in [-0.25, -0.2) is 13.6 Å². The highest BCUT2D eigenvalue weighted by atomic mass is 19.1. The number of amides is 1. The Bertz CT molecular complexity index is 483. The van der Waals surface area contributed by atoms with Crippen LogP contribution in [0.15, 0.2) is 18.2 Å². The summed E-state index contributed by atoms with van der Waals surface area (Å²) in [6.07, 6.45) is -0.213. The summed E-state index contributed by atoms with van der Waals surface area (Å²) in [5, 5.41) is 2.50. The van der Waals surface area contributed by atoms with Gasteiger partial charge in [-0.2, -0.15) is 0 Å². The second-order valence-corrected chi connectivity index (χ2v) is 4.77. The van der Waals surface area contributed by atoms with Crippen LogP contribution in [-0.2, 0) is 20.7 Å². The van der Waals surface area contributed by atoms with Crippen LogP contribution in [0, 0.1) is 17.6 Å². The number of ether oxygens (including phenoxy) is 1. The van der Waals surface area contributed by atoms with E-state index in [0.29, 0.717) is 0 Å². The molecule has 1 atom stereocenters. The lowest BCUT2D eigenvalue weighted by Crippen LogP contribution is -2.45. The van der Waals surface area contributed by atoms with Crippen LogP contribution < -0.4 is 5.32 Å². The minimum Gasteiger partial charge on any atom is -0.467 e. The number of esters is 1. The summed E-state index contributed by atoms with van der Waals surface area (Å²) in [6, 6.07) is 2.09. The van der Waals surface area contributed by atoms with Crippen molar-refractivity contribution in [3.63, 3.8) is 0 Å². The monoisotopic (exact) mass is 285 g/mol. The Morgan fingerprint density at radius 1 is 1.20 bits per heavy atom. The number of benzene rings is 1. The molecule has 0 spiro atoms. The number of methoxy groups -OCH3 is 1. The molecule has 0 unspecified atom stereocenters. The van der Waals surface area contributed by atoms with Gasteiger partial charge in [0.2, 0.25) is 5.91 Å². The first-order valence-corrected chi connectivity index (χ1v) is 6.15. The lowest BCUT2D eigenvalue weighted by molar-refractivity contribution is -0.146. The minimum atomic E-state index is -0.786. The van der Waals surface area contributed by atoms with E-state index < -0.39 is 29.6 Å². The van der Waals surface area contributed by atoms with E-state index in [1.807, 2.05) is 0 Å². The fraction of sp³-hybridized carbons (Fsp3) is 0.429. The van der Waals surface area contributed by atoms with E-state index in [2.05, 4.69) is 10.1 Å². The van der Waals surface area contributed by atoms with Crippen molar-refractivity contribution in [1.82, 2.24) is 5.32 Å². The minimum absolute atomic E-state index is 0.157.